The summed E-state index contributed by atoms with van der Waals surface area (Å²) in [5, 5.41) is 11.3. The van der Waals surface area contributed by atoms with Crippen LogP contribution in [-0.2, 0) is 9.59 Å². The second kappa shape index (κ2) is 6.38. The van der Waals surface area contributed by atoms with Gasteiger partial charge in [-0.05, 0) is 43.3 Å². The molecule has 6 nitrogen and oxygen atoms in total. The van der Waals surface area contributed by atoms with Crippen LogP contribution in [0.2, 0.25) is 0 Å². The summed E-state index contributed by atoms with van der Waals surface area (Å²) in [4.78, 5) is 25.7. The van der Waals surface area contributed by atoms with Crippen molar-refractivity contribution < 1.29 is 14.0 Å². The Balaban J connectivity index is 1.71. The van der Waals surface area contributed by atoms with E-state index in [0.717, 1.165) is 5.56 Å². The minimum atomic E-state index is -0.388. The quantitative estimate of drug-likeness (QED) is 0.829. The third-order valence-electron chi connectivity index (χ3n) is 3.98. The van der Waals surface area contributed by atoms with Gasteiger partial charge >= 0.3 is 0 Å². The fourth-order valence-corrected chi connectivity index (χ4v) is 3.56. The molecule has 8 heteroatoms. The maximum atomic E-state index is 13.1. The molecule has 2 aromatic carbocycles. The van der Waals surface area contributed by atoms with E-state index in [0.29, 0.717) is 22.1 Å². The molecule has 26 heavy (non-hydrogen) atoms. The molecule has 1 saturated heterocycles. The summed E-state index contributed by atoms with van der Waals surface area (Å²) < 4.78 is 13.1. The topological polar surface area (TPSA) is 74.1 Å². The summed E-state index contributed by atoms with van der Waals surface area (Å²) in [6.07, 6.45) is 0. The van der Waals surface area contributed by atoms with Gasteiger partial charge in [-0.2, -0.15) is 0 Å². The van der Waals surface area contributed by atoms with E-state index in [1.165, 1.54) is 40.9 Å². The Morgan fingerprint density at radius 3 is 2.65 bits per heavy atom. The molecule has 2 aliphatic heterocycles. The second-order valence-corrected chi connectivity index (χ2v) is 6.77. The summed E-state index contributed by atoms with van der Waals surface area (Å²) in [6.45, 7) is 1.92. The van der Waals surface area contributed by atoms with Crippen LogP contribution in [0.15, 0.2) is 52.7 Å². The van der Waals surface area contributed by atoms with E-state index in [9.17, 15) is 14.0 Å². The van der Waals surface area contributed by atoms with Crippen molar-refractivity contribution in [3.8, 4) is 0 Å². The molecule has 2 aromatic rings. The highest BCUT2D eigenvalue weighted by Crippen LogP contribution is 2.28. The highest BCUT2D eigenvalue weighted by molar-refractivity contribution is 8.15. The number of thioether (sulfide) groups is 1. The van der Waals surface area contributed by atoms with Crippen LogP contribution in [0.25, 0.3) is 0 Å². The molecule has 0 bridgehead atoms. The van der Waals surface area contributed by atoms with Crippen molar-refractivity contribution in [2.45, 2.75) is 6.92 Å². The van der Waals surface area contributed by atoms with Gasteiger partial charge < -0.3 is 5.32 Å². The highest BCUT2D eigenvalue weighted by atomic mass is 32.2. The third kappa shape index (κ3) is 2.88. The van der Waals surface area contributed by atoms with Gasteiger partial charge in [0.15, 0.2) is 10.9 Å². The van der Waals surface area contributed by atoms with Gasteiger partial charge in [0.1, 0.15) is 5.82 Å². The Kier molecular flexibility index (Phi) is 4.04. The number of carbonyl (C=O) groups excluding carboxylic acids is 2. The van der Waals surface area contributed by atoms with E-state index in [2.05, 4.69) is 15.5 Å². The first kappa shape index (κ1) is 16.5. The van der Waals surface area contributed by atoms with Crippen molar-refractivity contribution in [1.29, 1.82) is 0 Å². The fraction of sp³-hybridized carbons (Fsp3) is 0.111. The first-order valence-corrected chi connectivity index (χ1v) is 8.81. The molecule has 0 spiro atoms. The Morgan fingerprint density at radius 1 is 1.12 bits per heavy atom. The Bertz CT molecular complexity index is 985. The van der Waals surface area contributed by atoms with Crippen molar-refractivity contribution in [3.05, 3.63) is 59.4 Å². The van der Waals surface area contributed by atoms with Crippen molar-refractivity contribution in [2.75, 3.05) is 16.0 Å². The van der Waals surface area contributed by atoms with E-state index in [1.807, 2.05) is 25.1 Å². The Morgan fingerprint density at radius 2 is 1.88 bits per heavy atom. The molecule has 0 radical (unpaired) electrons. The van der Waals surface area contributed by atoms with Crippen LogP contribution in [0.4, 0.5) is 15.8 Å². The molecule has 1 fully saturated rings. The molecule has 2 amide bonds. The first-order valence-electron chi connectivity index (χ1n) is 7.82. The number of rotatable bonds is 2. The van der Waals surface area contributed by atoms with Crippen LogP contribution >= 0.6 is 11.8 Å². The van der Waals surface area contributed by atoms with Crippen molar-refractivity contribution >= 4 is 45.8 Å². The largest absolute Gasteiger partial charge is 0.320 e. The smallest absolute Gasteiger partial charge is 0.276 e. The minimum Gasteiger partial charge on any atom is -0.320 e. The van der Waals surface area contributed by atoms with Gasteiger partial charge in [-0.1, -0.05) is 23.4 Å². The number of halogens is 1. The number of hydrogen-bond acceptors (Lipinski definition) is 5. The minimum absolute atomic E-state index is 0.173. The molecule has 0 aliphatic carbocycles. The van der Waals surface area contributed by atoms with Gasteiger partial charge in [-0.25, -0.2) is 4.39 Å². The second-order valence-electron chi connectivity index (χ2n) is 5.83. The normalized spacial score (nSPS) is 19.4. The summed E-state index contributed by atoms with van der Waals surface area (Å²) in [5.74, 6) is -0.685. The lowest BCUT2D eigenvalue weighted by molar-refractivity contribution is -0.115. The molecule has 2 aliphatic rings. The number of hydrogen-bond donors (Lipinski definition) is 1. The SMILES string of the molecule is Cc1ccc2c(c1)C(=NN=C1SCC(=O)N1c1ccc(F)cc1)C(=O)N2. The van der Waals surface area contributed by atoms with Gasteiger partial charge in [-0.3, -0.25) is 14.5 Å². The molecule has 130 valence electrons. The first-order chi connectivity index (χ1) is 12.5. The van der Waals surface area contributed by atoms with Crippen molar-refractivity contribution in [1.82, 2.24) is 0 Å². The Labute approximate surface area is 152 Å². The maximum Gasteiger partial charge on any atom is 0.276 e. The van der Waals surface area contributed by atoms with E-state index < -0.39 is 0 Å². The van der Waals surface area contributed by atoms with Gasteiger partial charge in [0.25, 0.3) is 5.91 Å². The summed E-state index contributed by atoms with van der Waals surface area (Å²) in [7, 11) is 0. The van der Waals surface area contributed by atoms with Crippen LogP contribution in [0.3, 0.4) is 0 Å². The number of nitrogens with one attached hydrogen (secondary N) is 1. The number of fused-ring (bicyclic) bond motifs is 1. The summed E-state index contributed by atoms with van der Waals surface area (Å²) in [5.41, 5.74) is 3.08. The lowest BCUT2D eigenvalue weighted by atomic mass is 10.1. The number of benzene rings is 2. The zero-order chi connectivity index (χ0) is 18.3. The lowest BCUT2D eigenvalue weighted by Gasteiger charge is -2.14. The molecular weight excluding hydrogens is 355 g/mol. The highest BCUT2D eigenvalue weighted by Gasteiger charge is 2.31. The molecule has 0 unspecified atom stereocenters. The van der Waals surface area contributed by atoms with Crippen LogP contribution < -0.4 is 10.2 Å². The zero-order valence-corrected chi connectivity index (χ0v) is 14.5. The average Bonchev–Trinajstić information content (AvgIpc) is 3.13. The Hall–Kier alpha value is -3.00. The average molecular weight is 368 g/mol. The van der Waals surface area contributed by atoms with Gasteiger partial charge in [0, 0.05) is 5.56 Å². The maximum absolute atomic E-state index is 13.1. The van der Waals surface area contributed by atoms with Gasteiger partial charge in [-0.15, -0.1) is 10.2 Å². The van der Waals surface area contributed by atoms with E-state index in [1.54, 1.807) is 0 Å². The predicted molar refractivity (Wildman–Crippen MR) is 100 cm³/mol. The van der Waals surface area contributed by atoms with Crippen LogP contribution in [0.5, 0.6) is 0 Å². The van der Waals surface area contributed by atoms with Crippen molar-refractivity contribution in [3.63, 3.8) is 0 Å². The molecule has 2 heterocycles. The molecule has 4 rings (SSSR count). The lowest BCUT2D eigenvalue weighted by Crippen LogP contribution is -2.29. The number of aryl methyl sites for hydroxylation is 1. The third-order valence-corrected chi connectivity index (χ3v) is 4.89. The van der Waals surface area contributed by atoms with E-state index in [4.69, 9.17) is 0 Å². The molecule has 0 saturated carbocycles. The zero-order valence-electron chi connectivity index (χ0n) is 13.7. The number of carbonyl (C=O) groups is 2. The molecular formula is C18H13FN4O2S. The number of amidine groups is 1. The standard InChI is InChI=1S/C18H13FN4O2S/c1-10-2-7-14-13(8-10)16(17(25)20-14)21-22-18-23(15(24)9-26-18)12-5-3-11(19)4-6-12/h2-8H,9H2,1H3,(H,20,21,25). The van der Waals surface area contributed by atoms with Crippen LogP contribution in [-0.4, -0.2) is 28.4 Å². The molecule has 0 aromatic heterocycles. The number of nitrogens with zero attached hydrogens (tertiary/aromatic N) is 3. The molecule has 0 atom stereocenters. The van der Waals surface area contributed by atoms with Crippen LogP contribution in [0, 0.1) is 12.7 Å². The van der Waals surface area contributed by atoms with Gasteiger partial charge in [0.2, 0.25) is 5.91 Å². The van der Waals surface area contributed by atoms with E-state index >= 15 is 0 Å². The summed E-state index contributed by atoms with van der Waals surface area (Å²) >= 11 is 1.22. The summed E-state index contributed by atoms with van der Waals surface area (Å²) in [6, 6.07) is 11.1. The number of anilines is 2. The van der Waals surface area contributed by atoms with E-state index in [-0.39, 0.29) is 29.1 Å². The van der Waals surface area contributed by atoms with Gasteiger partial charge in [0.05, 0.1) is 17.1 Å². The monoisotopic (exact) mass is 368 g/mol. The fourth-order valence-electron chi connectivity index (χ4n) is 2.74. The van der Waals surface area contributed by atoms with Crippen molar-refractivity contribution in [2.24, 2.45) is 10.2 Å². The van der Waals surface area contributed by atoms with Crippen LogP contribution in [0.1, 0.15) is 11.1 Å². The predicted octanol–water partition coefficient (Wildman–Crippen LogP) is 2.93. The number of amides is 2. The molecule has 1 N–H and O–H groups in total.